The second-order valence-corrected chi connectivity index (χ2v) is 6.30. The van der Waals surface area contributed by atoms with Crippen LogP contribution in [0.25, 0.3) is 21.9 Å². The molecule has 0 aliphatic rings. The first kappa shape index (κ1) is 15.1. The third-order valence-corrected chi connectivity index (χ3v) is 4.70. The number of aryl methyl sites for hydroxylation is 2. The SMILES string of the molecule is Cc1sc2nc(/C(C#N)=C/c3ccc(F)cc3)[nH]c(=O)c2c1C. The summed E-state index contributed by atoms with van der Waals surface area (Å²) in [6, 6.07) is 7.77. The molecule has 0 saturated heterocycles. The van der Waals surface area contributed by atoms with Crippen LogP contribution in [0.5, 0.6) is 0 Å². The van der Waals surface area contributed by atoms with Gasteiger partial charge in [0, 0.05) is 4.88 Å². The number of aromatic nitrogens is 2. The Bertz CT molecular complexity index is 1020. The fraction of sp³-hybridized carbons (Fsp3) is 0.118. The molecule has 0 atom stereocenters. The number of fused-ring (bicyclic) bond motifs is 1. The van der Waals surface area contributed by atoms with E-state index in [4.69, 9.17) is 0 Å². The monoisotopic (exact) mass is 325 g/mol. The number of rotatable bonds is 2. The lowest BCUT2D eigenvalue weighted by Crippen LogP contribution is -2.10. The van der Waals surface area contributed by atoms with Gasteiger partial charge in [-0.3, -0.25) is 4.79 Å². The molecule has 0 spiro atoms. The van der Waals surface area contributed by atoms with Crippen LogP contribution in [0.4, 0.5) is 4.39 Å². The zero-order valence-corrected chi connectivity index (χ0v) is 13.3. The van der Waals surface area contributed by atoms with Gasteiger partial charge in [0.2, 0.25) is 0 Å². The Kier molecular flexibility index (Phi) is 3.80. The van der Waals surface area contributed by atoms with Crippen molar-refractivity contribution in [3.8, 4) is 6.07 Å². The van der Waals surface area contributed by atoms with Crippen LogP contribution >= 0.6 is 11.3 Å². The molecule has 1 aromatic carbocycles. The zero-order valence-electron chi connectivity index (χ0n) is 12.5. The first-order valence-corrected chi connectivity index (χ1v) is 7.69. The molecule has 2 heterocycles. The lowest BCUT2D eigenvalue weighted by molar-refractivity contribution is 0.628. The first-order chi connectivity index (χ1) is 11.0. The molecular weight excluding hydrogens is 313 g/mol. The number of hydrogen-bond acceptors (Lipinski definition) is 4. The van der Waals surface area contributed by atoms with Crippen molar-refractivity contribution in [3.05, 3.63) is 62.3 Å². The number of nitriles is 1. The van der Waals surface area contributed by atoms with Gasteiger partial charge >= 0.3 is 0 Å². The van der Waals surface area contributed by atoms with Crippen molar-refractivity contribution in [2.45, 2.75) is 13.8 Å². The smallest absolute Gasteiger partial charge is 0.260 e. The Labute approximate surface area is 135 Å². The van der Waals surface area contributed by atoms with E-state index in [0.29, 0.717) is 15.8 Å². The maximum Gasteiger partial charge on any atom is 0.260 e. The average Bonchev–Trinajstić information content (AvgIpc) is 2.81. The molecule has 2 aromatic heterocycles. The minimum Gasteiger partial charge on any atom is -0.305 e. The summed E-state index contributed by atoms with van der Waals surface area (Å²) in [6.45, 7) is 3.81. The Morgan fingerprint density at radius 1 is 1.35 bits per heavy atom. The maximum atomic E-state index is 13.0. The van der Waals surface area contributed by atoms with Gasteiger partial charge in [0.15, 0.2) is 5.82 Å². The second-order valence-electron chi connectivity index (χ2n) is 5.10. The highest BCUT2D eigenvalue weighted by Gasteiger charge is 2.13. The zero-order chi connectivity index (χ0) is 16.6. The van der Waals surface area contributed by atoms with Crippen LogP contribution in [0.3, 0.4) is 0 Å². The third-order valence-electron chi connectivity index (χ3n) is 3.60. The van der Waals surface area contributed by atoms with Gasteiger partial charge < -0.3 is 4.98 Å². The van der Waals surface area contributed by atoms with Crippen molar-refractivity contribution in [2.75, 3.05) is 0 Å². The fourth-order valence-corrected chi connectivity index (χ4v) is 3.29. The molecule has 0 fully saturated rings. The highest BCUT2D eigenvalue weighted by atomic mass is 32.1. The normalized spacial score (nSPS) is 11.7. The first-order valence-electron chi connectivity index (χ1n) is 6.87. The number of halogens is 1. The van der Waals surface area contributed by atoms with Crippen molar-refractivity contribution >= 4 is 33.2 Å². The minimum absolute atomic E-state index is 0.218. The van der Waals surface area contributed by atoms with Crippen LogP contribution in [-0.4, -0.2) is 9.97 Å². The summed E-state index contributed by atoms with van der Waals surface area (Å²) < 4.78 is 13.0. The molecule has 1 N–H and O–H groups in total. The predicted octanol–water partition coefficient (Wildman–Crippen LogP) is 3.80. The summed E-state index contributed by atoms with van der Waals surface area (Å²) in [5, 5.41) is 9.93. The lowest BCUT2D eigenvalue weighted by atomic mass is 10.1. The van der Waals surface area contributed by atoms with Gasteiger partial charge in [0.25, 0.3) is 5.56 Å². The Balaban J connectivity index is 2.16. The van der Waals surface area contributed by atoms with E-state index in [1.807, 2.05) is 19.9 Å². The molecular formula is C17H12FN3OS. The van der Waals surface area contributed by atoms with Crippen LogP contribution in [0, 0.1) is 31.0 Å². The van der Waals surface area contributed by atoms with E-state index in [1.165, 1.54) is 23.5 Å². The van der Waals surface area contributed by atoms with Crippen LogP contribution in [0.2, 0.25) is 0 Å². The molecule has 0 bridgehead atoms. The van der Waals surface area contributed by atoms with Crippen molar-refractivity contribution in [1.29, 1.82) is 5.26 Å². The molecule has 6 heteroatoms. The highest BCUT2D eigenvalue weighted by Crippen LogP contribution is 2.26. The van der Waals surface area contributed by atoms with Gasteiger partial charge in [-0.05, 0) is 43.2 Å². The molecule has 3 rings (SSSR count). The molecule has 0 amide bonds. The molecule has 23 heavy (non-hydrogen) atoms. The average molecular weight is 325 g/mol. The van der Waals surface area contributed by atoms with Gasteiger partial charge in [-0.2, -0.15) is 5.26 Å². The molecule has 114 valence electrons. The standard InChI is InChI=1S/C17H12FN3OS/c1-9-10(2)23-17-14(9)16(22)20-15(21-17)12(8-19)7-11-3-5-13(18)6-4-11/h3-7H,1-2H3,(H,20,21,22)/b12-7+. The predicted molar refractivity (Wildman–Crippen MR) is 89.6 cm³/mol. The summed E-state index contributed by atoms with van der Waals surface area (Å²) in [5.41, 5.74) is 1.53. The highest BCUT2D eigenvalue weighted by molar-refractivity contribution is 7.18. The number of hydrogen-bond donors (Lipinski definition) is 1. The number of nitrogens with one attached hydrogen (secondary N) is 1. The quantitative estimate of drug-likeness (QED) is 0.729. The van der Waals surface area contributed by atoms with Gasteiger partial charge in [0.1, 0.15) is 16.7 Å². The number of nitrogens with zero attached hydrogens (tertiary/aromatic N) is 2. The van der Waals surface area contributed by atoms with Crippen molar-refractivity contribution < 1.29 is 4.39 Å². The molecule has 0 unspecified atom stereocenters. The summed E-state index contributed by atoms with van der Waals surface area (Å²) in [4.78, 5) is 21.0. The van der Waals surface area contributed by atoms with Crippen LogP contribution < -0.4 is 5.56 Å². The topological polar surface area (TPSA) is 69.5 Å². The summed E-state index contributed by atoms with van der Waals surface area (Å²) in [7, 11) is 0. The third kappa shape index (κ3) is 2.79. The summed E-state index contributed by atoms with van der Waals surface area (Å²) in [6.07, 6.45) is 1.57. The Hall–Kier alpha value is -2.78. The van der Waals surface area contributed by atoms with Crippen LogP contribution in [0.15, 0.2) is 29.1 Å². The maximum absolute atomic E-state index is 13.0. The number of thiophene rings is 1. The fourth-order valence-electron chi connectivity index (χ4n) is 2.26. The molecule has 3 aromatic rings. The van der Waals surface area contributed by atoms with Crippen molar-refractivity contribution in [2.24, 2.45) is 0 Å². The van der Waals surface area contributed by atoms with E-state index in [2.05, 4.69) is 9.97 Å². The van der Waals surface area contributed by atoms with Crippen molar-refractivity contribution in [1.82, 2.24) is 9.97 Å². The lowest BCUT2D eigenvalue weighted by Gasteiger charge is -2.00. The summed E-state index contributed by atoms with van der Waals surface area (Å²) >= 11 is 1.43. The molecule has 0 saturated carbocycles. The molecule has 0 aliphatic carbocycles. The Morgan fingerprint density at radius 2 is 2.04 bits per heavy atom. The van der Waals surface area contributed by atoms with Gasteiger partial charge in [-0.25, -0.2) is 9.37 Å². The minimum atomic E-state index is -0.349. The Morgan fingerprint density at radius 3 is 2.70 bits per heavy atom. The van der Waals surface area contributed by atoms with E-state index >= 15 is 0 Å². The van der Waals surface area contributed by atoms with Gasteiger partial charge in [0.05, 0.1) is 11.0 Å². The van der Waals surface area contributed by atoms with E-state index in [1.54, 1.807) is 18.2 Å². The number of allylic oxidation sites excluding steroid dienone is 1. The van der Waals surface area contributed by atoms with E-state index in [0.717, 1.165) is 10.4 Å². The van der Waals surface area contributed by atoms with Gasteiger partial charge in [-0.15, -0.1) is 11.3 Å². The number of benzene rings is 1. The second kappa shape index (κ2) is 5.78. The van der Waals surface area contributed by atoms with E-state index in [9.17, 15) is 14.4 Å². The number of aromatic amines is 1. The van der Waals surface area contributed by atoms with E-state index < -0.39 is 0 Å². The molecule has 0 aliphatic heterocycles. The summed E-state index contributed by atoms with van der Waals surface area (Å²) in [5.74, 6) is -0.131. The van der Waals surface area contributed by atoms with E-state index in [-0.39, 0.29) is 22.8 Å². The molecule has 0 radical (unpaired) electrons. The largest absolute Gasteiger partial charge is 0.305 e. The van der Waals surface area contributed by atoms with Crippen molar-refractivity contribution in [3.63, 3.8) is 0 Å². The van der Waals surface area contributed by atoms with Crippen LogP contribution in [-0.2, 0) is 0 Å². The molecule has 4 nitrogen and oxygen atoms in total. The van der Waals surface area contributed by atoms with Crippen LogP contribution in [0.1, 0.15) is 21.8 Å². The number of H-pyrrole nitrogens is 1. The van der Waals surface area contributed by atoms with Gasteiger partial charge in [-0.1, -0.05) is 12.1 Å².